The van der Waals surface area contributed by atoms with Gasteiger partial charge >= 0.3 is 0 Å². The lowest BCUT2D eigenvalue weighted by atomic mass is 10.3. The number of ether oxygens (including phenoxy) is 2. The van der Waals surface area contributed by atoms with Gasteiger partial charge in [-0.2, -0.15) is 5.10 Å². The van der Waals surface area contributed by atoms with E-state index < -0.39 is 0 Å². The van der Waals surface area contributed by atoms with Crippen LogP contribution in [-0.4, -0.2) is 29.6 Å². The summed E-state index contributed by atoms with van der Waals surface area (Å²) in [6.07, 6.45) is 1.83. The van der Waals surface area contributed by atoms with Crippen LogP contribution in [0.5, 0.6) is 5.75 Å². The summed E-state index contributed by atoms with van der Waals surface area (Å²) in [5, 5.41) is 4.06. The summed E-state index contributed by atoms with van der Waals surface area (Å²) in [7, 11) is 0. The van der Waals surface area contributed by atoms with Crippen molar-refractivity contribution in [3.05, 3.63) is 42.6 Å². The monoisotopic (exact) mass is 247 g/mol. The third-order valence-corrected chi connectivity index (χ3v) is 2.37. The maximum absolute atomic E-state index is 5.50. The van der Waals surface area contributed by atoms with E-state index in [1.165, 1.54) is 0 Å². The number of anilines is 1. The Labute approximate surface area is 106 Å². The van der Waals surface area contributed by atoms with Crippen molar-refractivity contribution in [2.24, 2.45) is 0 Å². The molecule has 2 aromatic rings. The molecular formula is C13H17N3O2. The lowest BCUT2D eigenvalue weighted by Crippen LogP contribution is -2.11. The average Bonchev–Trinajstić information content (AvgIpc) is 2.81. The molecular weight excluding hydrogens is 230 g/mol. The molecule has 1 aromatic carbocycles. The quantitative estimate of drug-likeness (QED) is 0.754. The van der Waals surface area contributed by atoms with E-state index in [-0.39, 0.29) is 0 Å². The minimum absolute atomic E-state index is 0.530. The van der Waals surface area contributed by atoms with Gasteiger partial charge in [-0.05, 0) is 18.2 Å². The molecule has 0 aliphatic heterocycles. The maximum atomic E-state index is 5.50. The van der Waals surface area contributed by atoms with E-state index >= 15 is 0 Å². The zero-order chi connectivity index (χ0) is 12.6. The van der Waals surface area contributed by atoms with Crippen LogP contribution in [0.4, 0.5) is 5.82 Å². The molecule has 0 aliphatic carbocycles. The Hall–Kier alpha value is -2.01. The van der Waals surface area contributed by atoms with Gasteiger partial charge in [0.25, 0.3) is 0 Å². The fourth-order valence-corrected chi connectivity index (χ4v) is 1.50. The highest BCUT2D eigenvalue weighted by Crippen LogP contribution is 2.07. The Morgan fingerprint density at radius 2 is 1.89 bits per heavy atom. The van der Waals surface area contributed by atoms with E-state index in [1.54, 1.807) is 10.7 Å². The molecule has 1 aromatic heterocycles. The molecule has 0 unspecified atom stereocenters. The Kier molecular flexibility index (Phi) is 4.60. The first-order chi connectivity index (χ1) is 8.84. The zero-order valence-electron chi connectivity index (χ0n) is 10.2. The van der Waals surface area contributed by atoms with Gasteiger partial charge in [-0.25, -0.2) is 0 Å². The third kappa shape index (κ3) is 4.10. The largest absolute Gasteiger partial charge is 0.491 e. The van der Waals surface area contributed by atoms with E-state index in [1.807, 2.05) is 36.5 Å². The molecule has 0 amide bonds. The number of rotatable bonds is 7. The molecule has 0 aliphatic rings. The van der Waals surface area contributed by atoms with Crippen molar-refractivity contribution in [2.75, 3.05) is 25.6 Å². The van der Waals surface area contributed by atoms with Gasteiger partial charge in [0.1, 0.15) is 18.2 Å². The smallest absolute Gasteiger partial charge is 0.145 e. The number of nitrogens with zero attached hydrogens (tertiary/aromatic N) is 2. The minimum Gasteiger partial charge on any atom is -0.491 e. The fraction of sp³-hybridized carbons (Fsp3) is 0.308. The van der Waals surface area contributed by atoms with Crippen molar-refractivity contribution < 1.29 is 9.47 Å². The predicted molar refractivity (Wildman–Crippen MR) is 69.4 cm³/mol. The summed E-state index contributed by atoms with van der Waals surface area (Å²) in [6, 6.07) is 11.5. The highest BCUT2D eigenvalue weighted by atomic mass is 16.5. The first-order valence-corrected chi connectivity index (χ1v) is 5.89. The van der Waals surface area contributed by atoms with Gasteiger partial charge in [0, 0.05) is 6.20 Å². The number of hydrogen-bond acceptors (Lipinski definition) is 4. The minimum atomic E-state index is 0.530. The van der Waals surface area contributed by atoms with Gasteiger partial charge in [0.15, 0.2) is 0 Å². The van der Waals surface area contributed by atoms with E-state index in [9.17, 15) is 0 Å². The first-order valence-electron chi connectivity index (χ1n) is 5.89. The summed E-state index contributed by atoms with van der Waals surface area (Å²) in [6.45, 7) is 2.40. The molecule has 2 rings (SSSR count). The summed E-state index contributed by atoms with van der Waals surface area (Å²) in [5.41, 5.74) is 5.50. The Morgan fingerprint density at radius 1 is 1.06 bits per heavy atom. The van der Waals surface area contributed by atoms with E-state index in [4.69, 9.17) is 15.2 Å². The number of benzene rings is 1. The molecule has 96 valence electrons. The number of aromatic nitrogens is 2. The number of nitrogens with two attached hydrogens (primary N) is 1. The second-order valence-corrected chi connectivity index (χ2v) is 3.78. The number of nitrogen functional groups attached to an aromatic ring is 1. The van der Waals surface area contributed by atoms with Crippen LogP contribution in [0.3, 0.4) is 0 Å². The van der Waals surface area contributed by atoms with Gasteiger partial charge in [-0.3, -0.25) is 4.68 Å². The topological polar surface area (TPSA) is 62.3 Å². The lowest BCUT2D eigenvalue weighted by molar-refractivity contribution is 0.0927. The van der Waals surface area contributed by atoms with E-state index in [0.29, 0.717) is 32.2 Å². The highest BCUT2D eigenvalue weighted by Gasteiger charge is 1.95. The molecule has 0 bridgehead atoms. The molecule has 0 radical (unpaired) electrons. The third-order valence-electron chi connectivity index (χ3n) is 2.37. The maximum Gasteiger partial charge on any atom is 0.145 e. The van der Waals surface area contributed by atoms with Gasteiger partial charge in [-0.15, -0.1) is 0 Å². The molecule has 0 saturated carbocycles. The Morgan fingerprint density at radius 3 is 2.61 bits per heavy atom. The SMILES string of the molecule is Nc1ccn(CCOCCOc2ccccc2)n1. The molecule has 18 heavy (non-hydrogen) atoms. The van der Waals surface area contributed by atoms with Crippen LogP contribution in [0.2, 0.25) is 0 Å². The average molecular weight is 247 g/mol. The molecule has 5 nitrogen and oxygen atoms in total. The molecule has 0 fully saturated rings. The molecule has 5 heteroatoms. The standard InChI is InChI=1S/C13H17N3O2/c14-13-6-7-16(15-13)8-9-17-10-11-18-12-4-2-1-3-5-12/h1-7H,8-11H2,(H2,14,15). The molecule has 0 atom stereocenters. The van der Waals surface area contributed by atoms with Gasteiger partial charge < -0.3 is 15.2 Å². The second kappa shape index (κ2) is 6.66. The summed E-state index contributed by atoms with van der Waals surface area (Å²) < 4.78 is 12.7. The van der Waals surface area contributed by atoms with Gasteiger partial charge in [0.05, 0.1) is 19.8 Å². The van der Waals surface area contributed by atoms with Crippen LogP contribution in [0, 0.1) is 0 Å². The molecule has 0 spiro atoms. The fourth-order valence-electron chi connectivity index (χ4n) is 1.50. The zero-order valence-corrected chi connectivity index (χ0v) is 10.2. The van der Waals surface area contributed by atoms with Crippen molar-refractivity contribution in [1.29, 1.82) is 0 Å². The first kappa shape index (κ1) is 12.4. The van der Waals surface area contributed by atoms with Crippen LogP contribution in [0.25, 0.3) is 0 Å². The normalized spacial score (nSPS) is 10.4. The highest BCUT2D eigenvalue weighted by molar-refractivity contribution is 5.23. The number of para-hydroxylation sites is 1. The molecule has 2 N–H and O–H groups in total. The van der Waals surface area contributed by atoms with Crippen molar-refractivity contribution >= 4 is 5.82 Å². The lowest BCUT2D eigenvalue weighted by Gasteiger charge is -2.07. The molecule has 0 saturated heterocycles. The second-order valence-electron chi connectivity index (χ2n) is 3.78. The van der Waals surface area contributed by atoms with Crippen LogP contribution >= 0.6 is 0 Å². The summed E-state index contributed by atoms with van der Waals surface area (Å²) in [5.74, 6) is 1.39. The van der Waals surface area contributed by atoms with Crippen molar-refractivity contribution in [1.82, 2.24) is 9.78 Å². The van der Waals surface area contributed by atoms with Gasteiger partial charge in [0.2, 0.25) is 0 Å². The van der Waals surface area contributed by atoms with E-state index in [0.717, 1.165) is 5.75 Å². The Bertz CT molecular complexity index is 456. The van der Waals surface area contributed by atoms with E-state index in [2.05, 4.69) is 5.10 Å². The van der Waals surface area contributed by atoms with Gasteiger partial charge in [-0.1, -0.05) is 18.2 Å². The number of hydrogen-bond donors (Lipinski definition) is 1. The van der Waals surface area contributed by atoms with Crippen molar-refractivity contribution in [3.63, 3.8) is 0 Å². The molecule has 1 heterocycles. The van der Waals surface area contributed by atoms with Crippen LogP contribution in [-0.2, 0) is 11.3 Å². The van der Waals surface area contributed by atoms with Crippen molar-refractivity contribution in [3.8, 4) is 5.75 Å². The summed E-state index contributed by atoms with van der Waals surface area (Å²) >= 11 is 0. The summed E-state index contributed by atoms with van der Waals surface area (Å²) in [4.78, 5) is 0. The van der Waals surface area contributed by atoms with Crippen LogP contribution in [0.15, 0.2) is 42.6 Å². The predicted octanol–water partition coefficient (Wildman–Crippen LogP) is 1.56. The van der Waals surface area contributed by atoms with Crippen molar-refractivity contribution in [2.45, 2.75) is 6.54 Å². The van der Waals surface area contributed by atoms with Crippen LogP contribution < -0.4 is 10.5 Å². The van der Waals surface area contributed by atoms with Crippen LogP contribution in [0.1, 0.15) is 0 Å². The Balaban J connectivity index is 1.54.